The van der Waals surface area contributed by atoms with Crippen LogP contribution in [-0.2, 0) is 10.0 Å². The highest BCUT2D eigenvalue weighted by Crippen LogP contribution is 2.19. The highest BCUT2D eigenvalue weighted by atomic mass is 32.2. The zero-order chi connectivity index (χ0) is 20.9. The maximum atomic E-state index is 12.5. The van der Waals surface area contributed by atoms with Crippen molar-refractivity contribution in [2.75, 3.05) is 17.1 Å². The van der Waals surface area contributed by atoms with E-state index < -0.39 is 15.9 Å². The smallest absolute Gasteiger partial charge is 0.261 e. The average Bonchev–Trinajstić information content (AvgIpc) is 2.74. The minimum Gasteiger partial charge on any atom is -0.355 e. The Morgan fingerprint density at radius 2 is 1.38 bits per heavy atom. The van der Waals surface area contributed by atoms with E-state index in [0.29, 0.717) is 16.9 Å². The van der Waals surface area contributed by atoms with Gasteiger partial charge in [0.2, 0.25) is 0 Å². The third-order valence-corrected chi connectivity index (χ3v) is 5.50. The molecule has 0 aromatic heterocycles. The number of sulfonamides is 1. The summed E-state index contributed by atoms with van der Waals surface area (Å²) in [6, 6.07) is 20.7. The van der Waals surface area contributed by atoms with E-state index in [-0.39, 0.29) is 16.4 Å². The molecule has 7 nitrogen and oxygen atoms in total. The number of benzene rings is 3. The molecule has 3 aromatic carbocycles. The number of amides is 2. The van der Waals surface area contributed by atoms with Gasteiger partial charge >= 0.3 is 0 Å². The summed E-state index contributed by atoms with van der Waals surface area (Å²) >= 11 is 0. The first-order chi connectivity index (χ1) is 13.9. The molecule has 0 aliphatic heterocycles. The first-order valence-corrected chi connectivity index (χ1v) is 10.2. The van der Waals surface area contributed by atoms with Gasteiger partial charge in [-0.05, 0) is 48.5 Å². The van der Waals surface area contributed by atoms with E-state index in [0.717, 1.165) is 0 Å². The Balaban J connectivity index is 1.77. The Morgan fingerprint density at radius 3 is 2.03 bits per heavy atom. The second-order valence-electron chi connectivity index (χ2n) is 6.07. The number of nitrogens with one attached hydrogen (secondary N) is 3. The fourth-order valence-corrected chi connectivity index (χ4v) is 3.68. The van der Waals surface area contributed by atoms with Crippen LogP contribution in [0.3, 0.4) is 0 Å². The molecule has 0 unspecified atom stereocenters. The standard InChI is InChI=1S/C21H19N3O4S/c1-22-21(26)18-9-5-6-10-19(18)23-20(25)15-11-13-17(14-12-15)29(27,28)24-16-7-3-2-4-8-16/h2-14,24H,1H3,(H,22,26)(H,23,25). The van der Waals surface area contributed by atoms with E-state index in [2.05, 4.69) is 15.4 Å². The van der Waals surface area contributed by atoms with Crippen LogP contribution >= 0.6 is 0 Å². The van der Waals surface area contributed by atoms with Gasteiger partial charge < -0.3 is 10.6 Å². The summed E-state index contributed by atoms with van der Waals surface area (Å²) in [6.45, 7) is 0. The molecule has 0 aliphatic rings. The first-order valence-electron chi connectivity index (χ1n) is 8.71. The van der Waals surface area contributed by atoms with E-state index >= 15 is 0 Å². The summed E-state index contributed by atoms with van der Waals surface area (Å²) in [6.07, 6.45) is 0. The van der Waals surface area contributed by atoms with E-state index in [1.807, 2.05) is 0 Å². The van der Waals surface area contributed by atoms with Crippen LogP contribution in [-0.4, -0.2) is 27.3 Å². The normalized spacial score (nSPS) is 10.8. The summed E-state index contributed by atoms with van der Waals surface area (Å²) in [5.41, 5.74) is 1.39. The molecule has 0 bridgehead atoms. The first kappa shape index (κ1) is 20.1. The molecule has 0 atom stereocenters. The lowest BCUT2D eigenvalue weighted by Crippen LogP contribution is -2.21. The van der Waals surface area contributed by atoms with Crippen LogP contribution in [0.4, 0.5) is 11.4 Å². The molecule has 0 heterocycles. The highest BCUT2D eigenvalue weighted by molar-refractivity contribution is 7.92. The molecule has 0 fully saturated rings. The lowest BCUT2D eigenvalue weighted by Gasteiger charge is -2.11. The molecule has 3 aromatic rings. The lowest BCUT2D eigenvalue weighted by atomic mass is 10.1. The summed E-state index contributed by atoms with van der Waals surface area (Å²) in [5.74, 6) is -0.782. The third kappa shape index (κ3) is 4.80. The van der Waals surface area contributed by atoms with Gasteiger partial charge in [0.25, 0.3) is 21.8 Å². The molecule has 0 saturated heterocycles. The van der Waals surface area contributed by atoms with Gasteiger partial charge in [-0.1, -0.05) is 30.3 Å². The largest absolute Gasteiger partial charge is 0.355 e. The van der Waals surface area contributed by atoms with Crippen molar-refractivity contribution < 1.29 is 18.0 Å². The number of carbonyl (C=O) groups excluding carboxylic acids is 2. The van der Waals surface area contributed by atoms with Gasteiger partial charge in [0, 0.05) is 18.3 Å². The molecule has 3 N–H and O–H groups in total. The molecule has 148 valence electrons. The fourth-order valence-electron chi connectivity index (χ4n) is 2.63. The molecule has 2 amide bonds. The second-order valence-corrected chi connectivity index (χ2v) is 7.76. The summed E-state index contributed by atoms with van der Waals surface area (Å²) in [7, 11) is -2.27. The molecular weight excluding hydrogens is 390 g/mol. The quantitative estimate of drug-likeness (QED) is 0.582. The predicted octanol–water partition coefficient (Wildman–Crippen LogP) is 3.10. The number of rotatable bonds is 6. The van der Waals surface area contributed by atoms with Crippen molar-refractivity contribution in [1.29, 1.82) is 0 Å². The average molecular weight is 409 g/mol. The Hall–Kier alpha value is -3.65. The summed E-state index contributed by atoms with van der Waals surface area (Å²) < 4.78 is 27.4. The summed E-state index contributed by atoms with van der Waals surface area (Å²) in [4.78, 5) is 24.5. The van der Waals surface area contributed by atoms with Crippen LogP contribution in [0.2, 0.25) is 0 Å². The minimum atomic E-state index is -3.77. The third-order valence-electron chi connectivity index (χ3n) is 4.10. The van der Waals surface area contributed by atoms with Gasteiger partial charge in [-0.2, -0.15) is 0 Å². The van der Waals surface area contributed by atoms with Crippen LogP contribution in [0.1, 0.15) is 20.7 Å². The van der Waals surface area contributed by atoms with Crippen molar-refractivity contribution in [3.05, 3.63) is 90.0 Å². The van der Waals surface area contributed by atoms with Crippen LogP contribution < -0.4 is 15.4 Å². The molecule has 29 heavy (non-hydrogen) atoms. The predicted molar refractivity (Wildman–Crippen MR) is 111 cm³/mol. The maximum Gasteiger partial charge on any atom is 0.261 e. The number of carbonyl (C=O) groups is 2. The van der Waals surface area contributed by atoms with Gasteiger partial charge in [0.1, 0.15) is 0 Å². The molecular formula is C21H19N3O4S. The van der Waals surface area contributed by atoms with Gasteiger partial charge in [0.05, 0.1) is 16.1 Å². The van der Waals surface area contributed by atoms with E-state index in [9.17, 15) is 18.0 Å². The molecule has 0 saturated carbocycles. The Kier molecular flexibility index (Phi) is 5.94. The van der Waals surface area contributed by atoms with E-state index in [1.165, 1.54) is 31.3 Å². The SMILES string of the molecule is CNC(=O)c1ccccc1NC(=O)c1ccc(S(=O)(=O)Nc2ccccc2)cc1. The Bertz CT molecular complexity index is 1130. The molecule has 0 spiro atoms. The van der Waals surface area contributed by atoms with Crippen LogP contribution in [0.15, 0.2) is 83.8 Å². The molecule has 0 radical (unpaired) electrons. The number of anilines is 2. The maximum absolute atomic E-state index is 12.5. The van der Waals surface area contributed by atoms with Crippen LogP contribution in [0.5, 0.6) is 0 Å². The molecule has 3 rings (SSSR count). The van der Waals surface area contributed by atoms with Crippen molar-refractivity contribution in [1.82, 2.24) is 5.32 Å². The minimum absolute atomic E-state index is 0.0312. The number of hydrogen-bond donors (Lipinski definition) is 3. The van der Waals surface area contributed by atoms with E-state index in [1.54, 1.807) is 54.6 Å². The van der Waals surface area contributed by atoms with E-state index in [4.69, 9.17) is 0 Å². The van der Waals surface area contributed by atoms with Gasteiger partial charge in [-0.3, -0.25) is 14.3 Å². The van der Waals surface area contributed by atoms with Crippen molar-refractivity contribution in [2.24, 2.45) is 0 Å². The monoisotopic (exact) mass is 409 g/mol. The van der Waals surface area contributed by atoms with Gasteiger partial charge in [-0.15, -0.1) is 0 Å². The van der Waals surface area contributed by atoms with Gasteiger partial charge in [0.15, 0.2) is 0 Å². The highest BCUT2D eigenvalue weighted by Gasteiger charge is 2.16. The van der Waals surface area contributed by atoms with Crippen LogP contribution in [0, 0.1) is 0 Å². The second kappa shape index (κ2) is 8.57. The zero-order valence-electron chi connectivity index (χ0n) is 15.5. The van der Waals surface area contributed by atoms with Crippen molar-refractivity contribution in [3.8, 4) is 0 Å². The number of hydrogen-bond acceptors (Lipinski definition) is 4. The van der Waals surface area contributed by atoms with Crippen molar-refractivity contribution >= 4 is 33.2 Å². The fraction of sp³-hybridized carbons (Fsp3) is 0.0476. The summed E-state index contributed by atoms with van der Waals surface area (Å²) in [5, 5.41) is 5.19. The topological polar surface area (TPSA) is 104 Å². The molecule has 8 heteroatoms. The zero-order valence-corrected chi connectivity index (χ0v) is 16.4. The lowest BCUT2D eigenvalue weighted by molar-refractivity contribution is 0.0964. The van der Waals surface area contributed by atoms with Crippen molar-refractivity contribution in [2.45, 2.75) is 4.90 Å². The Labute approximate surface area is 168 Å². The van der Waals surface area contributed by atoms with Crippen molar-refractivity contribution in [3.63, 3.8) is 0 Å². The van der Waals surface area contributed by atoms with Crippen LogP contribution in [0.25, 0.3) is 0 Å². The number of para-hydroxylation sites is 2. The van der Waals surface area contributed by atoms with Gasteiger partial charge in [-0.25, -0.2) is 8.42 Å². The Morgan fingerprint density at radius 1 is 0.759 bits per heavy atom. The molecule has 0 aliphatic carbocycles.